The molecule has 0 aromatic heterocycles. The molecule has 0 aromatic rings. The molecular formula is C10H14O5S. The van der Waals surface area contributed by atoms with Gasteiger partial charge in [0.1, 0.15) is 0 Å². The average molecular weight is 246 g/mol. The molecule has 0 saturated carbocycles. The van der Waals surface area contributed by atoms with Gasteiger partial charge in [-0.2, -0.15) is 0 Å². The smallest absolute Gasteiger partial charge is 0.336 e. The average Bonchev–Trinajstić information content (AvgIpc) is 2.13. The van der Waals surface area contributed by atoms with Crippen LogP contribution in [0.3, 0.4) is 0 Å². The number of esters is 2. The minimum atomic E-state index is -2.18. The van der Waals surface area contributed by atoms with Gasteiger partial charge < -0.3 is 14.6 Å². The van der Waals surface area contributed by atoms with Gasteiger partial charge in [0.15, 0.2) is 6.61 Å². The fourth-order valence-corrected chi connectivity index (χ4v) is 0.695. The lowest BCUT2D eigenvalue weighted by atomic mass is 10.3. The quantitative estimate of drug-likeness (QED) is 0.325. The molecule has 0 aromatic carbocycles. The second kappa shape index (κ2) is 5.72. The third kappa shape index (κ3) is 5.57. The number of ether oxygens (including phenoxy) is 2. The Hall–Kier alpha value is -1.27. The molecule has 1 N–H and O–H groups in total. The second-order valence-electron chi connectivity index (χ2n) is 3.27. The topological polar surface area (TPSA) is 72.8 Å². The van der Waals surface area contributed by atoms with E-state index in [1.54, 1.807) is 0 Å². The molecule has 0 aliphatic heterocycles. The number of aliphatic hydroxyl groups is 1. The maximum absolute atomic E-state index is 11.0. The molecular weight excluding hydrogens is 232 g/mol. The Morgan fingerprint density at radius 3 is 2.06 bits per heavy atom. The summed E-state index contributed by atoms with van der Waals surface area (Å²) in [6.07, 6.45) is 0. The predicted molar refractivity (Wildman–Crippen MR) is 60.6 cm³/mol. The molecule has 0 spiro atoms. The molecule has 16 heavy (non-hydrogen) atoms. The number of hydrogen-bond donors (Lipinski definition) is 2. The first-order valence-electron chi connectivity index (χ1n) is 4.32. The molecule has 90 valence electrons. The van der Waals surface area contributed by atoms with E-state index in [0.717, 1.165) is 0 Å². The SMILES string of the molecule is C=C(C)C(=O)OCC(O)(S)OC(=O)C(=C)C. The van der Waals surface area contributed by atoms with E-state index >= 15 is 0 Å². The van der Waals surface area contributed by atoms with E-state index in [1.807, 2.05) is 0 Å². The van der Waals surface area contributed by atoms with Crippen LogP contribution in [0.25, 0.3) is 0 Å². The molecule has 0 radical (unpaired) electrons. The van der Waals surface area contributed by atoms with Crippen molar-refractivity contribution in [1.29, 1.82) is 0 Å². The summed E-state index contributed by atoms with van der Waals surface area (Å²) in [7, 11) is 0. The highest BCUT2D eigenvalue weighted by molar-refractivity contribution is 7.81. The van der Waals surface area contributed by atoms with Crippen LogP contribution in [0.5, 0.6) is 0 Å². The van der Waals surface area contributed by atoms with E-state index in [4.69, 9.17) is 0 Å². The van der Waals surface area contributed by atoms with Crippen molar-refractivity contribution in [3.63, 3.8) is 0 Å². The highest BCUT2D eigenvalue weighted by atomic mass is 32.1. The maximum atomic E-state index is 11.0. The van der Waals surface area contributed by atoms with E-state index in [1.165, 1.54) is 13.8 Å². The van der Waals surface area contributed by atoms with Crippen LogP contribution in [0.4, 0.5) is 0 Å². The highest BCUT2D eigenvalue weighted by Gasteiger charge is 2.29. The Morgan fingerprint density at radius 1 is 1.25 bits per heavy atom. The van der Waals surface area contributed by atoms with Gasteiger partial charge in [0.2, 0.25) is 0 Å². The van der Waals surface area contributed by atoms with Gasteiger partial charge in [0, 0.05) is 11.1 Å². The van der Waals surface area contributed by atoms with Crippen molar-refractivity contribution in [2.75, 3.05) is 6.61 Å². The van der Waals surface area contributed by atoms with Crippen molar-refractivity contribution in [3.8, 4) is 0 Å². The maximum Gasteiger partial charge on any atom is 0.336 e. The fourth-order valence-electron chi connectivity index (χ4n) is 0.548. The second-order valence-corrected chi connectivity index (χ2v) is 3.97. The lowest BCUT2D eigenvalue weighted by Crippen LogP contribution is -2.35. The van der Waals surface area contributed by atoms with Crippen molar-refractivity contribution in [2.45, 2.75) is 19.0 Å². The van der Waals surface area contributed by atoms with E-state index < -0.39 is 23.7 Å². The third-order valence-corrected chi connectivity index (χ3v) is 1.56. The third-order valence-electron chi connectivity index (χ3n) is 1.34. The first kappa shape index (κ1) is 14.7. The minimum absolute atomic E-state index is 0.0960. The summed E-state index contributed by atoms with van der Waals surface area (Å²) in [5, 5.41) is 7.26. The predicted octanol–water partition coefficient (Wildman–Crippen LogP) is 0.801. The zero-order valence-electron chi connectivity index (χ0n) is 9.15. The molecule has 0 amide bonds. The largest absolute Gasteiger partial charge is 0.454 e. The van der Waals surface area contributed by atoms with E-state index in [2.05, 4.69) is 35.3 Å². The van der Waals surface area contributed by atoms with E-state index in [0.29, 0.717) is 0 Å². The zero-order chi connectivity index (χ0) is 12.9. The van der Waals surface area contributed by atoms with Gasteiger partial charge >= 0.3 is 11.9 Å². The molecule has 0 heterocycles. The summed E-state index contributed by atoms with van der Waals surface area (Å²) in [6.45, 7) is 8.92. The van der Waals surface area contributed by atoms with Gasteiger partial charge in [-0.05, 0) is 13.8 Å². The molecule has 1 unspecified atom stereocenters. The van der Waals surface area contributed by atoms with Crippen molar-refractivity contribution >= 4 is 24.6 Å². The van der Waals surface area contributed by atoms with Crippen molar-refractivity contribution < 1.29 is 24.2 Å². The number of thiol groups is 1. The number of carbonyl (C=O) groups excluding carboxylic acids is 2. The summed E-state index contributed by atoms with van der Waals surface area (Å²) in [4.78, 5) is 22.0. The summed E-state index contributed by atoms with van der Waals surface area (Å²) in [5.41, 5.74) is 0.258. The highest BCUT2D eigenvalue weighted by Crippen LogP contribution is 2.15. The van der Waals surface area contributed by atoms with Crippen molar-refractivity contribution in [1.82, 2.24) is 0 Å². The molecule has 0 aliphatic rings. The molecule has 5 nitrogen and oxygen atoms in total. The van der Waals surface area contributed by atoms with Gasteiger partial charge in [-0.25, -0.2) is 9.59 Å². The van der Waals surface area contributed by atoms with E-state index in [9.17, 15) is 14.7 Å². The van der Waals surface area contributed by atoms with Crippen LogP contribution < -0.4 is 0 Å². The normalized spacial score (nSPS) is 13.5. The first-order chi connectivity index (χ1) is 7.15. The molecule has 1 atom stereocenters. The molecule has 6 heteroatoms. The lowest BCUT2D eigenvalue weighted by molar-refractivity contribution is -0.187. The van der Waals surface area contributed by atoms with Crippen molar-refractivity contribution in [3.05, 3.63) is 24.3 Å². The van der Waals surface area contributed by atoms with Crippen LogP contribution in [0, 0.1) is 0 Å². The van der Waals surface area contributed by atoms with E-state index in [-0.39, 0.29) is 11.1 Å². The van der Waals surface area contributed by atoms with Crippen LogP contribution in [-0.2, 0) is 19.1 Å². The standard InChI is InChI=1S/C10H14O5S/c1-6(2)8(11)14-5-10(13,16)15-9(12)7(3)4/h13,16H,1,3,5H2,2,4H3. The lowest BCUT2D eigenvalue weighted by Gasteiger charge is -2.21. The monoisotopic (exact) mass is 246 g/mol. The summed E-state index contributed by atoms with van der Waals surface area (Å²) >= 11 is 3.63. The van der Waals surface area contributed by atoms with Crippen LogP contribution >= 0.6 is 12.6 Å². The molecule has 0 aliphatic carbocycles. The zero-order valence-corrected chi connectivity index (χ0v) is 10.0. The molecule has 0 rings (SSSR count). The molecule has 0 fully saturated rings. The fraction of sp³-hybridized carbons (Fsp3) is 0.400. The minimum Gasteiger partial charge on any atom is -0.454 e. The summed E-state index contributed by atoms with van der Waals surface area (Å²) < 4.78 is 9.08. The van der Waals surface area contributed by atoms with Crippen LogP contribution in [0.15, 0.2) is 24.3 Å². The Kier molecular flexibility index (Phi) is 5.26. The Balaban J connectivity index is 4.25. The van der Waals surface area contributed by atoms with Crippen LogP contribution in [-0.4, -0.2) is 28.8 Å². The molecule has 0 bridgehead atoms. The number of hydrogen-bond acceptors (Lipinski definition) is 6. The summed E-state index contributed by atoms with van der Waals surface area (Å²) in [6, 6.07) is 0. The van der Waals surface area contributed by atoms with Gasteiger partial charge in [-0.1, -0.05) is 25.8 Å². The number of carbonyl (C=O) groups is 2. The van der Waals surface area contributed by atoms with Gasteiger partial charge in [0.05, 0.1) is 0 Å². The Bertz CT molecular complexity index is 332. The van der Waals surface area contributed by atoms with Gasteiger partial charge in [0.25, 0.3) is 5.12 Å². The van der Waals surface area contributed by atoms with Crippen LogP contribution in [0.2, 0.25) is 0 Å². The Morgan fingerprint density at radius 2 is 1.69 bits per heavy atom. The van der Waals surface area contributed by atoms with Crippen molar-refractivity contribution in [2.24, 2.45) is 0 Å². The number of rotatable bonds is 5. The summed E-state index contributed by atoms with van der Waals surface area (Å²) in [5.74, 6) is -1.54. The Labute approximate surface area is 99.1 Å². The molecule has 0 saturated heterocycles. The van der Waals surface area contributed by atoms with Crippen LogP contribution in [0.1, 0.15) is 13.8 Å². The van der Waals surface area contributed by atoms with Gasteiger partial charge in [-0.3, -0.25) is 0 Å². The van der Waals surface area contributed by atoms with Gasteiger partial charge in [-0.15, -0.1) is 0 Å². The first-order valence-corrected chi connectivity index (χ1v) is 4.76.